The van der Waals surface area contributed by atoms with E-state index in [1.165, 1.54) is 24.3 Å². The van der Waals surface area contributed by atoms with Gasteiger partial charge >= 0.3 is 0 Å². The lowest BCUT2D eigenvalue weighted by Gasteiger charge is -2.10. The Bertz CT molecular complexity index is 944. The Labute approximate surface area is 182 Å². The number of nitro benzene ring substituents is 1. The highest BCUT2D eigenvalue weighted by molar-refractivity contribution is 14.1. The van der Waals surface area contributed by atoms with Crippen molar-refractivity contribution in [3.05, 3.63) is 64.8 Å². The summed E-state index contributed by atoms with van der Waals surface area (Å²) in [5.41, 5.74) is 0.281. The van der Waals surface area contributed by atoms with E-state index in [0.717, 1.165) is 12.9 Å². The van der Waals surface area contributed by atoms with Crippen LogP contribution in [0.1, 0.15) is 12.5 Å². The van der Waals surface area contributed by atoms with Gasteiger partial charge in [0.1, 0.15) is 23.1 Å². The van der Waals surface area contributed by atoms with Gasteiger partial charge in [-0.15, -0.1) is 0 Å². The van der Waals surface area contributed by atoms with E-state index < -0.39 is 10.8 Å². The summed E-state index contributed by atoms with van der Waals surface area (Å²) in [6, 6.07) is 11.2. The summed E-state index contributed by atoms with van der Waals surface area (Å²) >= 11 is 4.25. The molecule has 0 aliphatic heterocycles. The minimum Gasteiger partial charge on any atom is -0.492 e. The second kappa shape index (κ2) is 9.65. The first-order valence-corrected chi connectivity index (χ1v) is 9.81. The number of nitriles is 1. The molecule has 1 N–H and O–H groups in total. The van der Waals surface area contributed by atoms with E-state index in [4.69, 9.17) is 4.74 Å². The third kappa shape index (κ3) is 5.39. The molecule has 0 spiro atoms. The van der Waals surface area contributed by atoms with E-state index in [-0.39, 0.29) is 16.9 Å². The summed E-state index contributed by atoms with van der Waals surface area (Å²) in [6.07, 6.45) is 1.43. The van der Waals surface area contributed by atoms with Crippen LogP contribution in [0.15, 0.2) is 42.0 Å². The Kier molecular flexibility index (Phi) is 7.55. The normalized spacial score (nSPS) is 10.8. The van der Waals surface area contributed by atoms with E-state index in [0.29, 0.717) is 12.2 Å². The topological polar surface area (TPSA) is 105 Å². The molecule has 7 nitrogen and oxygen atoms in total. The molecule has 0 aliphatic carbocycles. The number of amides is 1. The van der Waals surface area contributed by atoms with Gasteiger partial charge in [0.25, 0.3) is 11.6 Å². The van der Waals surface area contributed by atoms with Crippen LogP contribution in [-0.2, 0) is 4.79 Å². The van der Waals surface area contributed by atoms with Crippen LogP contribution in [0.5, 0.6) is 5.75 Å². The van der Waals surface area contributed by atoms with Crippen molar-refractivity contribution in [3.63, 3.8) is 0 Å². The molecule has 0 aliphatic rings. The number of carbonyl (C=O) groups is 1. The van der Waals surface area contributed by atoms with Crippen LogP contribution < -0.4 is 10.1 Å². The zero-order valence-electron chi connectivity index (χ0n) is 14.0. The molecule has 0 bridgehead atoms. The zero-order valence-corrected chi connectivity index (χ0v) is 18.3. The highest BCUT2D eigenvalue weighted by Gasteiger charge is 2.17. The maximum atomic E-state index is 12.4. The van der Waals surface area contributed by atoms with Crippen LogP contribution in [0.25, 0.3) is 6.08 Å². The van der Waals surface area contributed by atoms with Gasteiger partial charge in [-0.3, -0.25) is 14.9 Å². The first kappa shape index (κ1) is 21.1. The van der Waals surface area contributed by atoms with Crippen LogP contribution in [0.4, 0.5) is 11.4 Å². The molecule has 2 rings (SSSR count). The summed E-state index contributed by atoms with van der Waals surface area (Å²) in [7, 11) is 0. The predicted molar refractivity (Wildman–Crippen MR) is 118 cm³/mol. The summed E-state index contributed by atoms with van der Waals surface area (Å²) in [4.78, 5) is 22.9. The first-order valence-electron chi connectivity index (χ1n) is 7.65. The Balaban J connectivity index is 2.33. The fraction of sp³-hybridized carbons (Fsp3) is 0.111. The van der Waals surface area contributed by atoms with Gasteiger partial charge in [0, 0.05) is 6.07 Å². The van der Waals surface area contributed by atoms with Gasteiger partial charge in [0.2, 0.25) is 0 Å². The number of hydrogen-bond acceptors (Lipinski definition) is 5. The van der Waals surface area contributed by atoms with Crippen molar-refractivity contribution in [3.8, 4) is 11.8 Å². The second-order valence-electron chi connectivity index (χ2n) is 5.14. The van der Waals surface area contributed by atoms with E-state index in [1.807, 2.05) is 13.0 Å². The van der Waals surface area contributed by atoms with Crippen molar-refractivity contribution >= 4 is 68.5 Å². The third-order valence-electron chi connectivity index (χ3n) is 3.33. The molecule has 138 valence electrons. The lowest BCUT2D eigenvalue weighted by Crippen LogP contribution is -2.14. The highest BCUT2D eigenvalue weighted by atomic mass is 127. The molecule has 2 aromatic rings. The minimum atomic E-state index is -0.717. The van der Waals surface area contributed by atoms with Crippen LogP contribution in [0, 0.1) is 28.6 Å². The fourth-order valence-corrected chi connectivity index (χ4v) is 4.32. The van der Waals surface area contributed by atoms with Gasteiger partial charge in [-0.1, -0.05) is 12.1 Å². The number of ether oxygens (including phenoxy) is 1. The Hall–Kier alpha value is -2.20. The lowest BCUT2D eigenvalue weighted by molar-refractivity contribution is -0.383. The molecule has 0 unspecified atom stereocenters. The molecule has 1 amide bonds. The number of anilines is 1. The third-order valence-corrected chi connectivity index (χ3v) is 4.94. The van der Waals surface area contributed by atoms with Crippen molar-refractivity contribution < 1.29 is 14.5 Å². The summed E-state index contributed by atoms with van der Waals surface area (Å²) < 4.78 is 7.27. The van der Waals surface area contributed by atoms with Gasteiger partial charge < -0.3 is 10.1 Å². The largest absolute Gasteiger partial charge is 0.492 e. The van der Waals surface area contributed by atoms with Crippen LogP contribution in [0.2, 0.25) is 0 Å². The van der Waals surface area contributed by atoms with Gasteiger partial charge in [0.05, 0.1) is 18.7 Å². The van der Waals surface area contributed by atoms with E-state index in [9.17, 15) is 20.2 Å². The molecule has 0 fully saturated rings. The monoisotopic (exact) mass is 589 g/mol. The maximum Gasteiger partial charge on any atom is 0.292 e. The van der Waals surface area contributed by atoms with Gasteiger partial charge in [-0.25, -0.2) is 0 Å². The van der Waals surface area contributed by atoms with Crippen molar-refractivity contribution in [2.24, 2.45) is 0 Å². The van der Waals surface area contributed by atoms with Gasteiger partial charge in [-0.2, -0.15) is 5.26 Å². The number of hydrogen-bond donors (Lipinski definition) is 1. The van der Waals surface area contributed by atoms with Crippen LogP contribution in [-0.4, -0.2) is 17.4 Å². The summed E-state index contributed by atoms with van der Waals surface area (Å²) in [6.45, 7) is 2.42. The summed E-state index contributed by atoms with van der Waals surface area (Å²) in [5.74, 6) is 0.0319. The van der Waals surface area contributed by atoms with Crippen molar-refractivity contribution in [2.75, 3.05) is 11.9 Å². The molecular weight excluding hydrogens is 576 g/mol. The summed E-state index contributed by atoms with van der Waals surface area (Å²) in [5, 5.41) is 22.8. The van der Waals surface area contributed by atoms with E-state index in [1.54, 1.807) is 18.2 Å². The molecular formula is C18H13I2N3O4. The Morgan fingerprint density at radius 2 is 1.96 bits per heavy atom. The number of para-hydroxylation sites is 2. The number of nitrogens with zero attached hydrogens (tertiary/aromatic N) is 2. The van der Waals surface area contributed by atoms with Crippen molar-refractivity contribution in [2.45, 2.75) is 6.92 Å². The Morgan fingerprint density at radius 1 is 1.33 bits per heavy atom. The molecule has 0 heterocycles. The number of nitrogens with one attached hydrogen (secondary N) is 1. The second-order valence-corrected chi connectivity index (χ2v) is 7.47. The molecule has 2 aromatic carbocycles. The average Bonchev–Trinajstić information content (AvgIpc) is 2.63. The van der Waals surface area contributed by atoms with Crippen molar-refractivity contribution in [1.29, 1.82) is 5.26 Å². The molecule has 0 saturated heterocycles. The molecule has 0 atom stereocenters. The Morgan fingerprint density at radius 3 is 2.52 bits per heavy atom. The number of benzene rings is 2. The highest BCUT2D eigenvalue weighted by Crippen LogP contribution is 2.30. The number of rotatable bonds is 6. The minimum absolute atomic E-state index is 0.0319. The zero-order chi connectivity index (χ0) is 20.0. The van der Waals surface area contributed by atoms with E-state index in [2.05, 4.69) is 50.5 Å². The quantitative estimate of drug-likeness (QED) is 0.172. The molecule has 0 aromatic heterocycles. The van der Waals surface area contributed by atoms with Crippen molar-refractivity contribution in [1.82, 2.24) is 0 Å². The molecule has 9 heteroatoms. The predicted octanol–water partition coefficient (Wildman–Crippen LogP) is 4.75. The fourth-order valence-electron chi connectivity index (χ4n) is 2.19. The van der Waals surface area contributed by atoms with Crippen LogP contribution in [0.3, 0.4) is 0 Å². The molecule has 0 saturated carbocycles. The van der Waals surface area contributed by atoms with Gasteiger partial charge in [0.15, 0.2) is 0 Å². The van der Waals surface area contributed by atoms with Crippen LogP contribution >= 0.6 is 45.2 Å². The number of halogens is 2. The average molecular weight is 589 g/mol. The number of nitro groups is 1. The standard InChI is InChI=1S/C18H13I2N3O4/c1-2-27-17-13(19)8-11(9-14(17)20)7-12(10-21)18(24)22-15-5-3-4-6-16(15)23(25)26/h3-9H,2H2,1H3,(H,22,24). The van der Waals surface area contributed by atoms with E-state index >= 15 is 0 Å². The van der Waals surface area contributed by atoms with Gasteiger partial charge in [-0.05, 0) is 81.9 Å². The first-order chi connectivity index (χ1) is 12.9. The number of carbonyl (C=O) groups excluding carboxylic acids is 1. The maximum absolute atomic E-state index is 12.4. The molecule has 27 heavy (non-hydrogen) atoms. The molecule has 0 radical (unpaired) electrons. The smallest absolute Gasteiger partial charge is 0.292 e. The lowest BCUT2D eigenvalue weighted by atomic mass is 10.1. The SMILES string of the molecule is CCOc1c(I)cc(C=C(C#N)C(=O)Nc2ccccc2[N+](=O)[O-])cc1I.